The van der Waals surface area contributed by atoms with Crippen molar-refractivity contribution in [2.75, 3.05) is 7.11 Å². The average Bonchev–Trinajstić information content (AvgIpc) is 3.04. The Morgan fingerprint density at radius 3 is 2.22 bits per heavy atom. The summed E-state index contributed by atoms with van der Waals surface area (Å²) in [5.74, 6) is 3.85. The Labute approximate surface area is 142 Å². The molecule has 0 amide bonds. The zero-order valence-electron chi connectivity index (χ0n) is 13.6. The first-order valence-corrected chi connectivity index (χ1v) is 9.76. The van der Waals surface area contributed by atoms with E-state index in [0.717, 1.165) is 23.5 Å². The quantitative estimate of drug-likeness (QED) is 0.883. The molecule has 0 radical (unpaired) electrons. The molecule has 1 aromatic rings. The van der Waals surface area contributed by atoms with Crippen LogP contribution in [0.1, 0.15) is 49.5 Å². The molecular weight excluding hydrogens is 304 g/mol. The molecule has 1 heterocycles. The summed E-state index contributed by atoms with van der Waals surface area (Å²) in [6, 6.07) is 8.39. The molecule has 0 aromatic heterocycles. The fourth-order valence-electron chi connectivity index (χ4n) is 5.82. The molecule has 23 heavy (non-hydrogen) atoms. The number of rotatable bonds is 3. The van der Waals surface area contributed by atoms with E-state index >= 15 is 0 Å². The van der Waals surface area contributed by atoms with Crippen molar-refractivity contribution in [3.8, 4) is 5.75 Å². The van der Waals surface area contributed by atoms with E-state index in [0.29, 0.717) is 5.41 Å². The highest BCUT2D eigenvalue weighted by atomic mass is 32.2. The van der Waals surface area contributed by atoms with Crippen LogP contribution in [0.15, 0.2) is 29.4 Å². The molecule has 0 unspecified atom stereocenters. The van der Waals surface area contributed by atoms with Gasteiger partial charge in [0.05, 0.1) is 7.11 Å². The number of nitrogens with one attached hydrogen (secondary N) is 1. The van der Waals surface area contributed by atoms with Gasteiger partial charge in [-0.05, 0) is 74.0 Å². The molecule has 4 bridgehead atoms. The van der Waals surface area contributed by atoms with Gasteiger partial charge in [0.15, 0.2) is 0 Å². The number of benzene rings is 1. The van der Waals surface area contributed by atoms with Crippen molar-refractivity contribution in [1.29, 1.82) is 0 Å². The van der Waals surface area contributed by atoms with Gasteiger partial charge in [-0.3, -0.25) is 5.43 Å². The summed E-state index contributed by atoms with van der Waals surface area (Å²) >= 11 is 1.96. The van der Waals surface area contributed by atoms with Crippen molar-refractivity contribution in [3.05, 3.63) is 29.8 Å². The van der Waals surface area contributed by atoms with Gasteiger partial charge in [0.1, 0.15) is 16.2 Å². The zero-order valence-corrected chi connectivity index (χ0v) is 14.4. The van der Waals surface area contributed by atoms with Crippen LogP contribution < -0.4 is 10.2 Å². The molecule has 4 aliphatic carbocycles. The Morgan fingerprint density at radius 2 is 1.65 bits per heavy atom. The number of methoxy groups -OCH3 is 1. The summed E-state index contributed by atoms with van der Waals surface area (Å²) in [6.45, 7) is 0. The first-order chi connectivity index (χ1) is 11.2. The van der Waals surface area contributed by atoms with Crippen LogP contribution in [0.3, 0.4) is 0 Å². The summed E-state index contributed by atoms with van der Waals surface area (Å²) in [5.41, 5.74) is 5.10. The van der Waals surface area contributed by atoms with Crippen LogP contribution in [0.5, 0.6) is 5.75 Å². The maximum atomic E-state index is 5.26. The molecule has 4 heteroatoms. The van der Waals surface area contributed by atoms with Crippen molar-refractivity contribution in [3.63, 3.8) is 0 Å². The molecule has 3 nitrogen and oxygen atoms in total. The Kier molecular flexibility index (Phi) is 3.19. The fourth-order valence-corrected chi connectivity index (χ4v) is 7.05. The molecular formula is C19H24N2OS. The molecule has 0 spiro atoms. The molecule has 6 rings (SSSR count). The van der Waals surface area contributed by atoms with Crippen LogP contribution in [-0.2, 0) is 0 Å². The molecule has 122 valence electrons. The van der Waals surface area contributed by atoms with Crippen LogP contribution in [0.2, 0.25) is 0 Å². The van der Waals surface area contributed by atoms with Crippen molar-refractivity contribution in [2.24, 2.45) is 28.3 Å². The van der Waals surface area contributed by atoms with Gasteiger partial charge in [0.25, 0.3) is 0 Å². The summed E-state index contributed by atoms with van der Waals surface area (Å²) in [5, 5.41) is 6.49. The molecule has 4 saturated carbocycles. The minimum Gasteiger partial charge on any atom is -0.497 e. The molecule has 1 N–H and O–H groups in total. The van der Waals surface area contributed by atoms with E-state index in [1.807, 2.05) is 23.9 Å². The predicted molar refractivity (Wildman–Crippen MR) is 94.5 cm³/mol. The lowest BCUT2D eigenvalue weighted by Gasteiger charge is -2.56. The lowest BCUT2D eigenvalue weighted by Crippen LogP contribution is -2.49. The second-order valence-electron chi connectivity index (χ2n) is 8.01. The average molecular weight is 328 g/mol. The lowest BCUT2D eigenvalue weighted by atomic mass is 9.50. The van der Waals surface area contributed by atoms with E-state index < -0.39 is 0 Å². The minimum atomic E-state index is 0.268. The highest BCUT2D eigenvalue weighted by Crippen LogP contribution is 2.62. The second kappa shape index (κ2) is 5.17. The first kappa shape index (κ1) is 14.2. The van der Waals surface area contributed by atoms with Crippen molar-refractivity contribution in [2.45, 2.75) is 43.9 Å². The second-order valence-corrected chi connectivity index (χ2v) is 9.11. The van der Waals surface area contributed by atoms with Crippen molar-refractivity contribution in [1.82, 2.24) is 5.43 Å². The zero-order chi connectivity index (χ0) is 15.4. The van der Waals surface area contributed by atoms with Gasteiger partial charge in [0, 0.05) is 5.41 Å². The molecule has 5 aliphatic rings. The number of hydrogen-bond donors (Lipinski definition) is 1. The summed E-state index contributed by atoms with van der Waals surface area (Å²) < 4.78 is 5.26. The van der Waals surface area contributed by atoms with Gasteiger partial charge >= 0.3 is 0 Å². The van der Waals surface area contributed by atoms with E-state index in [4.69, 9.17) is 9.84 Å². The van der Waals surface area contributed by atoms with Gasteiger partial charge in [-0.15, -0.1) is 0 Å². The van der Waals surface area contributed by atoms with Crippen LogP contribution in [0, 0.1) is 23.2 Å². The Balaban J connectivity index is 1.35. The Morgan fingerprint density at radius 1 is 1.04 bits per heavy atom. The van der Waals surface area contributed by atoms with Gasteiger partial charge in [0.2, 0.25) is 0 Å². The third kappa shape index (κ3) is 2.29. The summed E-state index contributed by atoms with van der Waals surface area (Å²) in [6.07, 6.45) is 8.65. The van der Waals surface area contributed by atoms with Crippen molar-refractivity contribution < 1.29 is 4.74 Å². The summed E-state index contributed by atoms with van der Waals surface area (Å²) in [4.78, 5) is 0. The molecule has 1 atom stereocenters. The minimum absolute atomic E-state index is 0.268. The molecule has 0 saturated heterocycles. The maximum absolute atomic E-state index is 5.26. The largest absolute Gasteiger partial charge is 0.497 e. The van der Waals surface area contributed by atoms with Crippen LogP contribution >= 0.6 is 11.8 Å². The van der Waals surface area contributed by atoms with Crippen LogP contribution in [0.4, 0.5) is 0 Å². The van der Waals surface area contributed by atoms with Gasteiger partial charge in [-0.2, -0.15) is 5.10 Å². The number of hydrazone groups is 1. The first-order valence-electron chi connectivity index (χ1n) is 8.88. The molecule has 1 aliphatic heterocycles. The lowest BCUT2D eigenvalue weighted by molar-refractivity contribution is -0.0106. The van der Waals surface area contributed by atoms with Crippen LogP contribution in [-0.4, -0.2) is 12.2 Å². The number of ether oxygens (including phenoxy) is 1. The highest BCUT2D eigenvalue weighted by Gasteiger charge is 2.54. The predicted octanol–water partition coefficient (Wildman–Crippen LogP) is 4.56. The highest BCUT2D eigenvalue weighted by molar-refractivity contribution is 8.14. The van der Waals surface area contributed by atoms with E-state index in [1.54, 1.807) is 7.11 Å². The smallest absolute Gasteiger partial charge is 0.120 e. The normalized spacial score (nSPS) is 40.8. The van der Waals surface area contributed by atoms with Crippen molar-refractivity contribution >= 4 is 16.8 Å². The van der Waals surface area contributed by atoms with Gasteiger partial charge in [-0.25, -0.2) is 0 Å². The maximum Gasteiger partial charge on any atom is 0.120 e. The van der Waals surface area contributed by atoms with Gasteiger partial charge in [-0.1, -0.05) is 23.9 Å². The number of nitrogens with zero attached hydrogens (tertiary/aromatic N) is 1. The van der Waals surface area contributed by atoms with Gasteiger partial charge < -0.3 is 4.74 Å². The standard InChI is InChI=1S/C19H24N2OS/c1-22-16-4-2-15(3-5-16)17-20-21-18(23-17)19-9-12-6-13(10-19)8-14(7-12)11-19/h2-5,12-14,17,20H,6-11H2,1H3/t12?,13?,14?,17-,19?/m0/s1. The van der Waals surface area contributed by atoms with E-state index in [2.05, 4.69) is 17.6 Å². The molecule has 1 aromatic carbocycles. The number of thioether (sulfide) groups is 1. The van der Waals surface area contributed by atoms with E-state index in [-0.39, 0.29) is 5.37 Å². The third-order valence-corrected chi connectivity index (χ3v) is 7.78. The van der Waals surface area contributed by atoms with E-state index in [9.17, 15) is 0 Å². The third-order valence-electron chi connectivity index (χ3n) is 6.42. The Bertz CT molecular complexity index is 604. The SMILES string of the molecule is COc1ccc([C@H]2NN=C(C34CC5CC(CC(C5)C3)C4)S2)cc1. The summed E-state index contributed by atoms with van der Waals surface area (Å²) in [7, 11) is 1.71. The van der Waals surface area contributed by atoms with Crippen LogP contribution in [0.25, 0.3) is 0 Å². The fraction of sp³-hybridized carbons (Fsp3) is 0.632. The Hall–Kier alpha value is -1.16. The monoisotopic (exact) mass is 328 g/mol. The topological polar surface area (TPSA) is 33.6 Å². The number of hydrogen-bond acceptors (Lipinski definition) is 4. The molecule has 4 fully saturated rings. The van der Waals surface area contributed by atoms with E-state index in [1.165, 1.54) is 49.1 Å².